The molecule has 0 nitrogen and oxygen atoms in total. The van der Waals surface area contributed by atoms with E-state index in [1.807, 2.05) is 24.3 Å². The highest BCUT2D eigenvalue weighted by atomic mass is 35.5. The van der Waals surface area contributed by atoms with Gasteiger partial charge in [0.25, 0.3) is 0 Å². The third kappa shape index (κ3) is 3.07. The van der Waals surface area contributed by atoms with Crippen LogP contribution in [0.15, 0.2) is 48.5 Å². The molecule has 94 valence electrons. The van der Waals surface area contributed by atoms with Crippen LogP contribution < -0.4 is 0 Å². The van der Waals surface area contributed by atoms with Gasteiger partial charge in [0.05, 0.1) is 5.38 Å². The fraction of sp³-hybridized carbons (Fsp3) is 0.250. The van der Waals surface area contributed by atoms with Gasteiger partial charge in [-0.1, -0.05) is 61.8 Å². The number of hydrogen-bond acceptors (Lipinski definition) is 0. The van der Waals surface area contributed by atoms with Crippen molar-refractivity contribution in [3.05, 3.63) is 70.2 Å². The molecule has 0 aliphatic carbocycles. The lowest BCUT2D eigenvalue weighted by atomic mass is 9.98. The van der Waals surface area contributed by atoms with E-state index < -0.39 is 0 Å². The summed E-state index contributed by atoms with van der Waals surface area (Å²) in [5.41, 5.74) is 3.51. The van der Waals surface area contributed by atoms with Crippen molar-refractivity contribution in [2.45, 2.75) is 25.1 Å². The summed E-state index contributed by atoms with van der Waals surface area (Å²) < 4.78 is 0. The van der Waals surface area contributed by atoms with Gasteiger partial charge in [-0.15, -0.1) is 11.6 Å². The van der Waals surface area contributed by atoms with Gasteiger partial charge in [-0.2, -0.15) is 0 Å². The molecule has 0 aliphatic heterocycles. The maximum Gasteiger partial charge on any atom is 0.0835 e. The summed E-state index contributed by atoms with van der Waals surface area (Å²) in [5, 5.41) is 0.612. The third-order valence-electron chi connectivity index (χ3n) is 3.06. The van der Waals surface area contributed by atoms with Crippen molar-refractivity contribution < 1.29 is 0 Å². The Bertz CT molecular complexity index is 498. The molecule has 0 amide bonds. The summed E-state index contributed by atoms with van der Waals surface area (Å²) in [4.78, 5) is 0. The smallest absolute Gasteiger partial charge is 0.0835 e. The van der Waals surface area contributed by atoms with Crippen molar-refractivity contribution in [2.75, 3.05) is 0 Å². The fourth-order valence-electron chi connectivity index (χ4n) is 1.87. The lowest BCUT2D eigenvalue weighted by Gasteiger charge is -2.12. The van der Waals surface area contributed by atoms with Crippen LogP contribution in [0, 0.1) is 0 Å². The van der Waals surface area contributed by atoms with Gasteiger partial charge in [-0.25, -0.2) is 0 Å². The van der Waals surface area contributed by atoms with E-state index in [1.54, 1.807) is 0 Å². The van der Waals surface area contributed by atoms with Crippen LogP contribution in [0.4, 0.5) is 0 Å². The zero-order valence-corrected chi connectivity index (χ0v) is 12.0. The molecule has 0 radical (unpaired) electrons. The minimum atomic E-state index is -0.122. The van der Waals surface area contributed by atoms with Gasteiger partial charge in [-0.3, -0.25) is 0 Å². The molecule has 0 saturated carbocycles. The monoisotopic (exact) mass is 278 g/mol. The van der Waals surface area contributed by atoms with Gasteiger partial charge in [-0.05, 0) is 34.7 Å². The van der Waals surface area contributed by atoms with Gasteiger partial charge in [0.2, 0.25) is 0 Å². The quantitative estimate of drug-likeness (QED) is 0.623. The lowest BCUT2D eigenvalue weighted by Crippen LogP contribution is -1.94. The van der Waals surface area contributed by atoms with E-state index in [-0.39, 0.29) is 5.38 Å². The van der Waals surface area contributed by atoms with Crippen LogP contribution >= 0.6 is 23.2 Å². The molecule has 18 heavy (non-hydrogen) atoms. The molecular formula is C16H16Cl2. The summed E-state index contributed by atoms with van der Waals surface area (Å²) in [5.74, 6) is 0.545. The number of alkyl halides is 1. The first-order chi connectivity index (χ1) is 8.58. The molecule has 0 saturated heterocycles. The first-order valence-electron chi connectivity index (χ1n) is 6.07. The Labute approximate surface area is 119 Å². The van der Waals surface area contributed by atoms with Crippen LogP contribution in [0.1, 0.15) is 41.8 Å². The van der Waals surface area contributed by atoms with Crippen molar-refractivity contribution in [1.29, 1.82) is 0 Å². The summed E-state index contributed by atoms with van der Waals surface area (Å²) in [6.45, 7) is 4.37. The number of rotatable bonds is 3. The Hall–Kier alpha value is -0.980. The predicted octanol–water partition coefficient (Wildman–Crippen LogP) is 5.79. The molecule has 2 aromatic rings. The highest BCUT2D eigenvalue weighted by molar-refractivity contribution is 6.30. The molecule has 2 rings (SSSR count). The van der Waals surface area contributed by atoms with Crippen LogP contribution in [0.5, 0.6) is 0 Å². The SMILES string of the molecule is CC(C)c1ccc(C(Cl)c2ccc(Cl)cc2)cc1. The predicted molar refractivity (Wildman–Crippen MR) is 79.7 cm³/mol. The van der Waals surface area contributed by atoms with Crippen molar-refractivity contribution >= 4 is 23.2 Å². The maximum atomic E-state index is 6.47. The zero-order chi connectivity index (χ0) is 13.1. The normalized spacial score (nSPS) is 12.7. The van der Waals surface area contributed by atoms with E-state index in [1.165, 1.54) is 5.56 Å². The fourth-order valence-corrected chi connectivity index (χ4v) is 2.29. The largest absolute Gasteiger partial charge is 0.113 e. The Morgan fingerprint density at radius 1 is 0.722 bits per heavy atom. The lowest BCUT2D eigenvalue weighted by molar-refractivity contribution is 0.865. The molecule has 0 heterocycles. The Morgan fingerprint density at radius 3 is 1.56 bits per heavy atom. The number of halogens is 2. The molecule has 0 N–H and O–H groups in total. The highest BCUT2D eigenvalue weighted by Gasteiger charge is 2.10. The Kier molecular flexibility index (Phi) is 4.31. The summed E-state index contributed by atoms with van der Waals surface area (Å²) in [6, 6.07) is 16.2. The molecule has 0 aliphatic rings. The zero-order valence-electron chi connectivity index (χ0n) is 10.5. The van der Waals surface area contributed by atoms with Crippen LogP contribution in [-0.2, 0) is 0 Å². The highest BCUT2D eigenvalue weighted by Crippen LogP contribution is 2.30. The topological polar surface area (TPSA) is 0 Å². The molecule has 0 aromatic heterocycles. The molecule has 1 unspecified atom stereocenters. The van der Waals surface area contributed by atoms with Crippen LogP contribution in [0.25, 0.3) is 0 Å². The van der Waals surface area contributed by atoms with Gasteiger partial charge in [0, 0.05) is 5.02 Å². The van der Waals surface area contributed by atoms with Crippen molar-refractivity contribution in [3.63, 3.8) is 0 Å². The average molecular weight is 279 g/mol. The second-order valence-corrected chi connectivity index (χ2v) is 5.61. The van der Waals surface area contributed by atoms with Gasteiger partial charge >= 0.3 is 0 Å². The molecule has 0 bridgehead atoms. The molecular weight excluding hydrogens is 263 g/mol. The molecule has 0 spiro atoms. The second-order valence-electron chi connectivity index (χ2n) is 4.74. The first kappa shape index (κ1) is 13.5. The van der Waals surface area contributed by atoms with E-state index in [2.05, 4.69) is 38.1 Å². The molecule has 0 fully saturated rings. The Balaban J connectivity index is 2.23. The molecule has 2 aromatic carbocycles. The minimum Gasteiger partial charge on any atom is -0.113 e. The van der Waals surface area contributed by atoms with Crippen molar-refractivity contribution in [2.24, 2.45) is 0 Å². The summed E-state index contributed by atoms with van der Waals surface area (Å²) in [6.07, 6.45) is 0. The standard InChI is InChI=1S/C16H16Cl2/c1-11(2)12-3-5-13(6-4-12)16(18)14-7-9-15(17)10-8-14/h3-11,16H,1-2H3. The summed E-state index contributed by atoms with van der Waals surface area (Å²) >= 11 is 12.3. The van der Waals surface area contributed by atoms with Gasteiger partial charge in [0.1, 0.15) is 0 Å². The number of benzene rings is 2. The molecule has 1 atom stereocenters. The van der Waals surface area contributed by atoms with E-state index in [4.69, 9.17) is 23.2 Å². The summed E-state index contributed by atoms with van der Waals surface area (Å²) in [7, 11) is 0. The van der Waals surface area contributed by atoms with E-state index >= 15 is 0 Å². The van der Waals surface area contributed by atoms with E-state index in [9.17, 15) is 0 Å². The second kappa shape index (κ2) is 5.77. The van der Waals surface area contributed by atoms with Gasteiger partial charge in [0.15, 0.2) is 0 Å². The van der Waals surface area contributed by atoms with E-state index in [0.29, 0.717) is 5.92 Å². The van der Waals surface area contributed by atoms with Gasteiger partial charge < -0.3 is 0 Å². The van der Waals surface area contributed by atoms with Crippen molar-refractivity contribution in [3.8, 4) is 0 Å². The van der Waals surface area contributed by atoms with E-state index in [0.717, 1.165) is 16.1 Å². The van der Waals surface area contributed by atoms with Crippen LogP contribution in [0.2, 0.25) is 5.02 Å². The first-order valence-corrected chi connectivity index (χ1v) is 6.89. The van der Waals surface area contributed by atoms with Crippen LogP contribution in [0.3, 0.4) is 0 Å². The third-order valence-corrected chi connectivity index (χ3v) is 3.81. The maximum absolute atomic E-state index is 6.47. The Morgan fingerprint density at radius 2 is 1.11 bits per heavy atom. The molecule has 2 heteroatoms. The minimum absolute atomic E-state index is 0.122. The van der Waals surface area contributed by atoms with Crippen LogP contribution in [-0.4, -0.2) is 0 Å². The number of hydrogen-bond donors (Lipinski definition) is 0. The average Bonchev–Trinajstić information content (AvgIpc) is 2.39. The van der Waals surface area contributed by atoms with Crippen molar-refractivity contribution in [1.82, 2.24) is 0 Å².